The van der Waals surface area contributed by atoms with Crippen molar-refractivity contribution < 1.29 is 4.79 Å². The first-order chi connectivity index (χ1) is 6.68. The molecular weight excluding hydrogens is 198 g/mol. The van der Waals surface area contributed by atoms with Crippen LogP contribution < -0.4 is 0 Å². The highest BCUT2D eigenvalue weighted by Crippen LogP contribution is 2.16. The quantitative estimate of drug-likeness (QED) is 0.700. The summed E-state index contributed by atoms with van der Waals surface area (Å²) in [5, 5.41) is 3.96. The number of rotatable bonds is 2. The third kappa shape index (κ3) is 1.46. The lowest BCUT2D eigenvalue weighted by Gasteiger charge is -1.93. The largest absolute Gasteiger partial charge is 0.287 e. The molecule has 0 spiro atoms. The molecule has 0 fully saturated rings. The van der Waals surface area contributed by atoms with Crippen molar-refractivity contribution in [1.82, 2.24) is 14.8 Å². The minimum absolute atomic E-state index is 0.00176. The lowest BCUT2D eigenvalue weighted by Crippen LogP contribution is -1.99. The minimum Gasteiger partial charge on any atom is -0.287 e. The lowest BCUT2D eigenvalue weighted by atomic mass is 10.2. The topological polar surface area (TPSA) is 47.8 Å². The molecule has 0 aliphatic heterocycles. The van der Waals surface area contributed by atoms with E-state index < -0.39 is 0 Å². The highest BCUT2D eigenvalue weighted by molar-refractivity contribution is 7.12. The Morgan fingerprint density at radius 2 is 2.36 bits per heavy atom. The van der Waals surface area contributed by atoms with E-state index in [4.69, 9.17) is 0 Å². The summed E-state index contributed by atoms with van der Waals surface area (Å²) in [5.74, 6) is -0.00176. The first kappa shape index (κ1) is 9.08. The summed E-state index contributed by atoms with van der Waals surface area (Å²) >= 11 is 1.36. The molecule has 0 radical (unpaired) electrons. The highest BCUT2D eigenvalue weighted by Gasteiger charge is 2.15. The lowest BCUT2D eigenvalue weighted by molar-refractivity contribution is 0.104. The SMILES string of the molecule is Cc1ncsc1C(=O)c1cnn(C)c1. The van der Waals surface area contributed by atoms with Crippen LogP contribution in [0.5, 0.6) is 0 Å². The van der Waals surface area contributed by atoms with Crippen LogP contribution in [0.2, 0.25) is 0 Å². The number of aromatic nitrogens is 3. The predicted octanol–water partition coefficient (Wildman–Crippen LogP) is 1.42. The summed E-state index contributed by atoms with van der Waals surface area (Å²) in [6, 6.07) is 0. The number of hydrogen-bond donors (Lipinski definition) is 0. The van der Waals surface area contributed by atoms with Gasteiger partial charge < -0.3 is 0 Å². The molecule has 14 heavy (non-hydrogen) atoms. The molecule has 72 valence electrons. The van der Waals surface area contributed by atoms with Crippen LogP contribution in [0.3, 0.4) is 0 Å². The van der Waals surface area contributed by atoms with E-state index in [0.717, 1.165) is 5.69 Å². The van der Waals surface area contributed by atoms with E-state index in [-0.39, 0.29) is 5.78 Å². The standard InChI is InChI=1S/C9H9N3OS/c1-6-9(14-5-10-6)8(13)7-3-11-12(2)4-7/h3-5H,1-2H3. The molecular formula is C9H9N3OS. The summed E-state index contributed by atoms with van der Waals surface area (Å²) in [6.45, 7) is 1.83. The maximum absolute atomic E-state index is 11.9. The van der Waals surface area contributed by atoms with Crippen molar-refractivity contribution in [3.05, 3.63) is 34.0 Å². The number of carbonyl (C=O) groups excluding carboxylic acids is 1. The van der Waals surface area contributed by atoms with Crippen LogP contribution in [0.4, 0.5) is 0 Å². The Morgan fingerprint density at radius 1 is 1.57 bits per heavy atom. The molecule has 0 bridgehead atoms. The zero-order valence-electron chi connectivity index (χ0n) is 7.89. The molecule has 0 N–H and O–H groups in total. The van der Waals surface area contributed by atoms with Gasteiger partial charge in [-0.25, -0.2) is 4.98 Å². The normalized spacial score (nSPS) is 10.4. The Balaban J connectivity index is 2.38. The molecule has 2 heterocycles. The molecule has 2 aromatic heterocycles. The molecule has 5 heteroatoms. The second-order valence-corrected chi connectivity index (χ2v) is 3.85. The number of hydrogen-bond acceptors (Lipinski definition) is 4. The van der Waals surface area contributed by atoms with Crippen LogP contribution in [0.15, 0.2) is 17.9 Å². The second kappa shape index (κ2) is 3.34. The first-order valence-corrected chi connectivity index (χ1v) is 5.00. The van der Waals surface area contributed by atoms with Crippen molar-refractivity contribution in [3.8, 4) is 0 Å². The molecule has 0 aromatic carbocycles. The minimum atomic E-state index is -0.00176. The van der Waals surface area contributed by atoms with E-state index in [0.29, 0.717) is 10.4 Å². The van der Waals surface area contributed by atoms with Gasteiger partial charge in [-0.1, -0.05) is 0 Å². The van der Waals surface area contributed by atoms with Gasteiger partial charge in [0, 0.05) is 13.2 Å². The summed E-state index contributed by atoms with van der Waals surface area (Å²) in [6.07, 6.45) is 3.28. The number of aryl methyl sites for hydroxylation is 2. The van der Waals surface area contributed by atoms with Crippen molar-refractivity contribution in [2.45, 2.75) is 6.92 Å². The fraction of sp³-hybridized carbons (Fsp3) is 0.222. The summed E-state index contributed by atoms with van der Waals surface area (Å²) < 4.78 is 1.61. The maximum atomic E-state index is 11.9. The van der Waals surface area contributed by atoms with Gasteiger partial charge in [-0.15, -0.1) is 11.3 Å². The van der Waals surface area contributed by atoms with E-state index >= 15 is 0 Å². The molecule has 0 atom stereocenters. The fourth-order valence-electron chi connectivity index (χ4n) is 1.19. The molecule has 2 aromatic rings. The van der Waals surface area contributed by atoms with E-state index in [1.165, 1.54) is 11.3 Å². The van der Waals surface area contributed by atoms with Crippen LogP contribution in [0, 0.1) is 6.92 Å². The maximum Gasteiger partial charge on any atom is 0.208 e. The predicted molar refractivity (Wildman–Crippen MR) is 53.5 cm³/mol. The van der Waals surface area contributed by atoms with Gasteiger partial charge in [-0.3, -0.25) is 9.48 Å². The van der Waals surface area contributed by atoms with E-state index in [1.807, 2.05) is 6.92 Å². The number of nitrogens with zero attached hydrogens (tertiary/aromatic N) is 3. The van der Waals surface area contributed by atoms with Crippen molar-refractivity contribution in [2.24, 2.45) is 7.05 Å². The monoisotopic (exact) mass is 207 g/mol. The molecule has 0 amide bonds. The summed E-state index contributed by atoms with van der Waals surface area (Å²) in [4.78, 5) is 16.6. The Morgan fingerprint density at radius 3 is 2.86 bits per heavy atom. The van der Waals surface area contributed by atoms with Crippen LogP contribution in [0.1, 0.15) is 20.9 Å². The average molecular weight is 207 g/mol. The van der Waals surface area contributed by atoms with Crippen molar-refractivity contribution in [2.75, 3.05) is 0 Å². The van der Waals surface area contributed by atoms with Gasteiger partial charge >= 0.3 is 0 Å². The molecule has 0 unspecified atom stereocenters. The molecule has 0 aliphatic carbocycles. The Bertz CT molecular complexity index is 472. The first-order valence-electron chi connectivity index (χ1n) is 4.12. The van der Waals surface area contributed by atoms with Crippen LogP contribution in [-0.4, -0.2) is 20.5 Å². The molecule has 0 saturated heterocycles. The smallest absolute Gasteiger partial charge is 0.208 e. The van der Waals surface area contributed by atoms with E-state index in [2.05, 4.69) is 10.1 Å². The Hall–Kier alpha value is -1.49. The van der Waals surface area contributed by atoms with E-state index in [1.54, 1.807) is 29.6 Å². The van der Waals surface area contributed by atoms with Gasteiger partial charge in [0.15, 0.2) is 0 Å². The van der Waals surface area contributed by atoms with Crippen LogP contribution >= 0.6 is 11.3 Å². The van der Waals surface area contributed by atoms with Gasteiger partial charge in [-0.05, 0) is 6.92 Å². The van der Waals surface area contributed by atoms with Crippen LogP contribution in [0.25, 0.3) is 0 Å². The van der Waals surface area contributed by atoms with Gasteiger partial charge in [0.05, 0.1) is 27.8 Å². The van der Waals surface area contributed by atoms with Crippen molar-refractivity contribution in [3.63, 3.8) is 0 Å². The van der Waals surface area contributed by atoms with Gasteiger partial charge in [0.2, 0.25) is 5.78 Å². The van der Waals surface area contributed by atoms with Gasteiger partial charge in [0.25, 0.3) is 0 Å². The zero-order valence-corrected chi connectivity index (χ0v) is 8.71. The van der Waals surface area contributed by atoms with Crippen molar-refractivity contribution >= 4 is 17.1 Å². The third-order valence-electron chi connectivity index (χ3n) is 1.92. The fourth-order valence-corrected chi connectivity index (χ4v) is 1.95. The third-order valence-corrected chi connectivity index (χ3v) is 2.85. The molecule has 0 saturated carbocycles. The second-order valence-electron chi connectivity index (χ2n) is 3.00. The summed E-state index contributed by atoms with van der Waals surface area (Å²) in [7, 11) is 1.79. The number of ketones is 1. The zero-order chi connectivity index (χ0) is 10.1. The molecule has 4 nitrogen and oxygen atoms in total. The average Bonchev–Trinajstić information content (AvgIpc) is 2.73. The highest BCUT2D eigenvalue weighted by atomic mass is 32.1. The molecule has 2 rings (SSSR count). The number of carbonyl (C=O) groups is 1. The van der Waals surface area contributed by atoms with Gasteiger partial charge in [0.1, 0.15) is 0 Å². The van der Waals surface area contributed by atoms with Crippen LogP contribution in [-0.2, 0) is 7.05 Å². The summed E-state index contributed by atoms with van der Waals surface area (Å²) in [5.41, 5.74) is 3.07. The number of thiazole rings is 1. The van der Waals surface area contributed by atoms with Gasteiger partial charge in [-0.2, -0.15) is 5.10 Å². The molecule has 0 aliphatic rings. The Kier molecular flexibility index (Phi) is 2.17. The van der Waals surface area contributed by atoms with E-state index in [9.17, 15) is 4.79 Å². The Labute approximate surface area is 85.2 Å². The van der Waals surface area contributed by atoms with Crippen molar-refractivity contribution in [1.29, 1.82) is 0 Å².